The summed E-state index contributed by atoms with van der Waals surface area (Å²) in [7, 11) is 0. The number of aryl methyl sites for hydroxylation is 1. The summed E-state index contributed by atoms with van der Waals surface area (Å²) in [6.45, 7) is 6.75. The lowest BCUT2D eigenvalue weighted by atomic mass is 10.1. The Kier molecular flexibility index (Phi) is 4.17. The molecule has 1 saturated heterocycles. The molecule has 0 aliphatic carbocycles. The lowest BCUT2D eigenvalue weighted by Gasteiger charge is -2.38. The maximum atomic E-state index is 14.0. The van der Waals surface area contributed by atoms with Crippen LogP contribution in [-0.4, -0.2) is 45.9 Å². The molecule has 2 atom stereocenters. The van der Waals surface area contributed by atoms with E-state index in [1.807, 2.05) is 20.8 Å². The predicted molar refractivity (Wildman–Crippen MR) is 84.2 cm³/mol. The van der Waals surface area contributed by atoms with Crippen molar-refractivity contribution < 1.29 is 13.9 Å². The molecule has 1 fully saturated rings. The van der Waals surface area contributed by atoms with Crippen molar-refractivity contribution in [1.29, 1.82) is 0 Å². The number of para-hydroxylation sites is 1. The van der Waals surface area contributed by atoms with Crippen LogP contribution < -0.4 is 0 Å². The molecule has 2 aromatic rings. The van der Waals surface area contributed by atoms with Crippen LogP contribution in [0.5, 0.6) is 0 Å². The van der Waals surface area contributed by atoms with Gasteiger partial charge < -0.3 is 9.64 Å². The lowest BCUT2D eigenvalue weighted by Crippen LogP contribution is -2.52. The highest BCUT2D eigenvalue weighted by Gasteiger charge is 2.32. The zero-order chi connectivity index (χ0) is 16.6. The summed E-state index contributed by atoms with van der Waals surface area (Å²) in [6.07, 6.45) is 0. The Hall–Kier alpha value is -2.21. The second-order valence-electron chi connectivity index (χ2n) is 5.98. The summed E-state index contributed by atoms with van der Waals surface area (Å²) >= 11 is 0. The summed E-state index contributed by atoms with van der Waals surface area (Å²) in [5.41, 5.74) is 1.38. The first kappa shape index (κ1) is 15.7. The van der Waals surface area contributed by atoms with Gasteiger partial charge in [0, 0.05) is 5.69 Å². The molecule has 1 aromatic carbocycles. The van der Waals surface area contributed by atoms with E-state index in [0.717, 1.165) is 0 Å². The zero-order valence-corrected chi connectivity index (χ0v) is 13.5. The molecule has 2 heterocycles. The molecule has 6 heteroatoms. The Balaban J connectivity index is 1.94. The van der Waals surface area contributed by atoms with Crippen LogP contribution in [-0.2, 0) is 4.74 Å². The largest absolute Gasteiger partial charge is 0.377 e. The molecular formula is C17H20FN3O2. The smallest absolute Gasteiger partial charge is 0.275 e. The van der Waals surface area contributed by atoms with E-state index in [0.29, 0.717) is 30.3 Å². The fraction of sp³-hybridized carbons (Fsp3) is 0.412. The topological polar surface area (TPSA) is 47.4 Å². The number of rotatable bonds is 2. The number of ether oxygens (including phenoxy) is 1. The van der Waals surface area contributed by atoms with Crippen LogP contribution in [0.15, 0.2) is 30.3 Å². The predicted octanol–water partition coefficient (Wildman–Crippen LogP) is 2.57. The van der Waals surface area contributed by atoms with E-state index in [4.69, 9.17) is 4.74 Å². The number of benzene rings is 1. The highest BCUT2D eigenvalue weighted by Crippen LogP contribution is 2.20. The van der Waals surface area contributed by atoms with E-state index in [2.05, 4.69) is 5.10 Å². The minimum atomic E-state index is -0.370. The quantitative estimate of drug-likeness (QED) is 0.855. The molecular weight excluding hydrogens is 297 g/mol. The average Bonchev–Trinajstić information content (AvgIpc) is 2.89. The molecule has 0 bridgehead atoms. The van der Waals surface area contributed by atoms with Gasteiger partial charge in [-0.05, 0) is 39.0 Å². The van der Waals surface area contributed by atoms with Gasteiger partial charge in [-0.1, -0.05) is 12.1 Å². The van der Waals surface area contributed by atoms with Crippen LogP contribution in [0.2, 0.25) is 0 Å². The molecule has 23 heavy (non-hydrogen) atoms. The van der Waals surface area contributed by atoms with Crippen molar-refractivity contribution in [2.45, 2.75) is 32.9 Å². The molecule has 0 N–H and O–H groups in total. The maximum absolute atomic E-state index is 14.0. The van der Waals surface area contributed by atoms with E-state index in [1.165, 1.54) is 10.7 Å². The third kappa shape index (κ3) is 2.86. The molecule has 0 saturated carbocycles. The van der Waals surface area contributed by atoms with Crippen molar-refractivity contribution >= 4 is 5.91 Å². The van der Waals surface area contributed by atoms with E-state index >= 15 is 0 Å². The van der Waals surface area contributed by atoms with Crippen LogP contribution >= 0.6 is 0 Å². The minimum Gasteiger partial charge on any atom is -0.377 e. The van der Waals surface area contributed by atoms with Gasteiger partial charge in [0.25, 0.3) is 5.91 Å². The highest BCUT2D eigenvalue weighted by atomic mass is 19.1. The molecule has 1 aliphatic heterocycles. The van der Waals surface area contributed by atoms with Gasteiger partial charge >= 0.3 is 0 Å². The summed E-state index contributed by atoms with van der Waals surface area (Å²) in [5.74, 6) is -0.516. The number of nitrogens with zero attached hydrogens (tertiary/aromatic N) is 3. The molecule has 5 nitrogen and oxygen atoms in total. The molecule has 0 spiro atoms. The van der Waals surface area contributed by atoms with E-state index < -0.39 is 0 Å². The summed E-state index contributed by atoms with van der Waals surface area (Å²) < 4.78 is 20.9. The Bertz CT molecular complexity index is 718. The third-order valence-corrected chi connectivity index (χ3v) is 4.09. The molecule has 1 aromatic heterocycles. The van der Waals surface area contributed by atoms with E-state index in [9.17, 15) is 9.18 Å². The van der Waals surface area contributed by atoms with Gasteiger partial charge in [0.15, 0.2) is 5.69 Å². The van der Waals surface area contributed by atoms with Crippen molar-refractivity contribution in [2.24, 2.45) is 0 Å². The average molecular weight is 317 g/mol. The second kappa shape index (κ2) is 6.12. The van der Waals surface area contributed by atoms with Crippen LogP contribution in [0.1, 0.15) is 30.0 Å². The monoisotopic (exact) mass is 317 g/mol. The number of morpholine rings is 1. The number of carbonyl (C=O) groups is 1. The van der Waals surface area contributed by atoms with Gasteiger partial charge in [0.1, 0.15) is 11.5 Å². The van der Waals surface area contributed by atoms with Gasteiger partial charge in [-0.2, -0.15) is 5.10 Å². The zero-order valence-electron chi connectivity index (χ0n) is 13.5. The Morgan fingerprint density at radius 3 is 2.57 bits per heavy atom. The molecule has 2 unspecified atom stereocenters. The summed E-state index contributed by atoms with van der Waals surface area (Å²) in [5, 5.41) is 4.33. The summed E-state index contributed by atoms with van der Waals surface area (Å²) in [4.78, 5) is 14.6. The second-order valence-corrected chi connectivity index (χ2v) is 5.98. The minimum absolute atomic E-state index is 0.00910. The van der Waals surface area contributed by atoms with Crippen molar-refractivity contribution in [2.75, 3.05) is 13.2 Å². The first-order valence-corrected chi connectivity index (χ1v) is 7.71. The number of carbonyl (C=O) groups excluding carboxylic acids is 1. The van der Waals surface area contributed by atoms with Crippen molar-refractivity contribution in [1.82, 2.24) is 14.7 Å². The first-order chi connectivity index (χ1) is 11.0. The van der Waals surface area contributed by atoms with Crippen LogP contribution in [0.25, 0.3) is 5.69 Å². The molecule has 122 valence electrons. The van der Waals surface area contributed by atoms with Crippen LogP contribution in [0.4, 0.5) is 4.39 Å². The normalized spacial score (nSPS) is 21.5. The standard InChI is InChI=1S/C17H20FN3O2/c1-11-8-15(17(22)20-12(2)9-23-10-13(20)3)19-21(11)16-7-5-4-6-14(16)18/h4-8,12-13H,9-10H2,1-3H3. The van der Waals surface area contributed by atoms with Crippen LogP contribution in [0.3, 0.4) is 0 Å². The number of aromatic nitrogens is 2. The number of amides is 1. The van der Waals surface area contributed by atoms with E-state index in [-0.39, 0.29) is 23.8 Å². The molecule has 1 amide bonds. The SMILES string of the molecule is Cc1cc(C(=O)N2C(C)COCC2C)nn1-c1ccccc1F. The van der Waals surface area contributed by atoms with Crippen molar-refractivity contribution in [3.05, 3.63) is 47.5 Å². The van der Waals surface area contributed by atoms with Crippen molar-refractivity contribution in [3.8, 4) is 5.69 Å². The fourth-order valence-corrected chi connectivity index (χ4v) is 2.98. The first-order valence-electron chi connectivity index (χ1n) is 7.71. The van der Waals surface area contributed by atoms with Gasteiger partial charge in [-0.25, -0.2) is 9.07 Å². The lowest BCUT2D eigenvalue weighted by molar-refractivity contribution is -0.0252. The number of hydrogen-bond donors (Lipinski definition) is 0. The Morgan fingerprint density at radius 1 is 1.26 bits per heavy atom. The Labute approximate surface area is 134 Å². The van der Waals surface area contributed by atoms with Gasteiger partial charge in [-0.3, -0.25) is 4.79 Å². The van der Waals surface area contributed by atoms with Crippen molar-refractivity contribution in [3.63, 3.8) is 0 Å². The number of halogens is 1. The third-order valence-electron chi connectivity index (χ3n) is 4.09. The van der Waals surface area contributed by atoms with Gasteiger partial charge in [0.2, 0.25) is 0 Å². The molecule has 0 radical (unpaired) electrons. The van der Waals surface area contributed by atoms with E-state index in [1.54, 1.807) is 29.2 Å². The molecule has 1 aliphatic rings. The molecule has 3 rings (SSSR count). The number of hydrogen-bond acceptors (Lipinski definition) is 3. The van der Waals surface area contributed by atoms with Crippen LogP contribution in [0, 0.1) is 12.7 Å². The summed E-state index contributed by atoms with van der Waals surface area (Å²) in [6, 6.07) is 8.07. The Morgan fingerprint density at radius 2 is 1.91 bits per heavy atom. The van der Waals surface area contributed by atoms with Gasteiger partial charge in [-0.15, -0.1) is 0 Å². The highest BCUT2D eigenvalue weighted by molar-refractivity contribution is 5.93. The maximum Gasteiger partial charge on any atom is 0.275 e. The van der Waals surface area contributed by atoms with Gasteiger partial charge in [0.05, 0.1) is 25.3 Å². The fourth-order valence-electron chi connectivity index (χ4n) is 2.98.